The van der Waals surface area contributed by atoms with Gasteiger partial charge in [-0.3, -0.25) is 0 Å². The topological polar surface area (TPSA) is 40.8 Å². The normalized spacial score (nSPS) is 14.9. The highest BCUT2D eigenvalue weighted by atomic mass is 35.5. The summed E-state index contributed by atoms with van der Waals surface area (Å²) in [5.41, 5.74) is -0.420. The third-order valence-electron chi connectivity index (χ3n) is 2.77. The van der Waals surface area contributed by atoms with Crippen LogP contribution in [0, 0.1) is 0 Å². The van der Waals surface area contributed by atoms with Crippen molar-refractivity contribution >= 4 is 23.8 Å². The van der Waals surface area contributed by atoms with Gasteiger partial charge in [0.15, 0.2) is 19.3 Å². The summed E-state index contributed by atoms with van der Waals surface area (Å²) in [6.45, 7) is 5.05. The monoisotopic (exact) mass is 329 g/mol. The molecule has 0 spiro atoms. The van der Waals surface area contributed by atoms with Crippen LogP contribution in [0.4, 0.5) is 19.1 Å². The van der Waals surface area contributed by atoms with Gasteiger partial charge in [-0.25, -0.2) is 14.5 Å². The molecule has 0 atom stereocenters. The van der Waals surface area contributed by atoms with Gasteiger partial charge in [-0.1, -0.05) is 18.2 Å². The van der Waals surface area contributed by atoms with Gasteiger partial charge in [-0.2, -0.15) is 13.2 Å². The van der Waals surface area contributed by atoms with Crippen LogP contribution in [0.25, 0.3) is 0 Å². The van der Waals surface area contributed by atoms with Crippen LogP contribution in [0.2, 0.25) is 5.15 Å². The summed E-state index contributed by atoms with van der Waals surface area (Å²) < 4.78 is 39.7. The van der Waals surface area contributed by atoms with E-state index in [0.717, 1.165) is 0 Å². The number of nitrogens with one attached hydrogen (secondary N) is 1. The number of halogens is 4. The van der Waals surface area contributed by atoms with Crippen LogP contribution in [0.1, 0.15) is 5.56 Å². The molecule has 1 aliphatic heterocycles. The lowest BCUT2D eigenvalue weighted by Crippen LogP contribution is -2.11. The van der Waals surface area contributed by atoms with Crippen LogP contribution in [0.15, 0.2) is 42.8 Å². The van der Waals surface area contributed by atoms with Crippen molar-refractivity contribution in [2.24, 2.45) is 0 Å². The summed E-state index contributed by atoms with van der Waals surface area (Å²) in [4.78, 5) is 7.27. The van der Waals surface area contributed by atoms with Crippen molar-refractivity contribution in [2.45, 2.75) is 6.18 Å². The molecule has 0 fully saturated rings. The minimum absolute atomic E-state index is 0.000490. The Balaban J connectivity index is 2.18. The molecule has 1 aromatic heterocycles. The molecule has 1 N–H and O–H groups in total. The summed E-state index contributed by atoms with van der Waals surface area (Å²) >= 11 is 5.55. The van der Waals surface area contributed by atoms with Gasteiger partial charge >= 0.3 is 6.18 Å². The molecule has 0 unspecified atom stereocenters. The van der Waals surface area contributed by atoms with Crippen molar-refractivity contribution in [1.29, 1.82) is 0 Å². The first-order valence-electron chi connectivity index (χ1n) is 6.33. The maximum atomic E-state index is 12.6. The number of alkyl halides is 3. The van der Waals surface area contributed by atoms with Crippen molar-refractivity contribution in [2.75, 3.05) is 18.4 Å². The molecule has 0 radical (unpaired) electrons. The number of allylic oxidation sites excluding steroid dienone is 2. The van der Waals surface area contributed by atoms with Gasteiger partial charge in [0, 0.05) is 18.0 Å². The van der Waals surface area contributed by atoms with Gasteiger partial charge in [-0.05, 0) is 18.2 Å². The molecule has 1 aliphatic rings. The number of hydrogen-bond donors (Lipinski definition) is 1. The van der Waals surface area contributed by atoms with Crippen molar-refractivity contribution in [1.82, 2.24) is 9.97 Å². The number of anilines is 1. The molecule has 0 aromatic carbocycles. The predicted molar refractivity (Wildman–Crippen MR) is 79.1 cm³/mol. The van der Waals surface area contributed by atoms with E-state index in [0.29, 0.717) is 25.0 Å². The molecule has 0 saturated carbocycles. The quantitative estimate of drug-likeness (QED) is 0.523. The van der Waals surface area contributed by atoms with E-state index in [2.05, 4.69) is 21.9 Å². The maximum Gasteiger partial charge on any atom is 0.420 e. The Morgan fingerprint density at radius 1 is 1.45 bits per heavy atom. The van der Waals surface area contributed by atoms with Gasteiger partial charge in [-0.15, -0.1) is 0 Å². The fraction of sp³-hybridized carbons (Fsp3) is 0.214. The SMILES string of the molecule is C=CC[N+]1=CC=C(Nc2ncc(C(F)(F)F)c(Cl)n2)C=CC1. The summed E-state index contributed by atoms with van der Waals surface area (Å²) in [7, 11) is 0. The second kappa shape index (κ2) is 6.74. The fourth-order valence-corrected chi connectivity index (χ4v) is 1.98. The smallest absolute Gasteiger partial charge is 0.324 e. The van der Waals surface area contributed by atoms with E-state index in [1.807, 2.05) is 16.9 Å². The van der Waals surface area contributed by atoms with Gasteiger partial charge in [0.1, 0.15) is 10.7 Å². The van der Waals surface area contributed by atoms with E-state index in [4.69, 9.17) is 11.6 Å². The standard InChI is InChI=1S/C14H12ClF3N4/c1-2-6-22-7-3-4-10(5-8-22)20-13-19-9-11(12(15)21-13)14(16,17)18/h2-5,8-9H,1,6-7H2/p+1. The van der Waals surface area contributed by atoms with E-state index in [1.165, 1.54) is 0 Å². The van der Waals surface area contributed by atoms with Crippen molar-refractivity contribution in [3.05, 3.63) is 53.5 Å². The van der Waals surface area contributed by atoms with E-state index in [1.54, 1.807) is 18.2 Å². The fourth-order valence-electron chi connectivity index (χ4n) is 1.74. The first-order valence-corrected chi connectivity index (χ1v) is 6.71. The average Bonchev–Trinajstić information content (AvgIpc) is 2.63. The molecule has 4 nitrogen and oxygen atoms in total. The highest BCUT2D eigenvalue weighted by Crippen LogP contribution is 2.33. The Bertz CT molecular complexity index is 663. The second-order valence-electron chi connectivity index (χ2n) is 4.44. The molecule has 2 heterocycles. The Morgan fingerprint density at radius 2 is 2.23 bits per heavy atom. The highest BCUT2D eigenvalue weighted by molar-refractivity contribution is 6.30. The Hall–Kier alpha value is -2.15. The van der Waals surface area contributed by atoms with Crippen LogP contribution < -0.4 is 5.32 Å². The highest BCUT2D eigenvalue weighted by Gasteiger charge is 2.34. The van der Waals surface area contributed by atoms with Gasteiger partial charge in [0.25, 0.3) is 0 Å². The number of hydrogen-bond acceptors (Lipinski definition) is 3. The van der Waals surface area contributed by atoms with Crippen LogP contribution in [0.5, 0.6) is 0 Å². The third kappa shape index (κ3) is 4.17. The van der Waals surface area contributed by atoms with E-state index in [-0.39, 0.29) is 5.95 Å². The lowest BCUT2D eigenvalue weighted by atomic mass is 10.3. The Morgan fingerprint density at radius 3 is 2.86 bits per heavy atom. The lowest BCUT2D eigenvalue weighted by Gasteiger charge is -2.09. The zero-order valence-electron chi connectivity index (χ0n) is 11.4. The van der Waals surface area contributed by atoms with Crippen LogP contribution in [-0.4, -0.2) is 33.8 Å². The summed E-state index contributed by atoms with van der Waals surface area (Å²) in [6, 6.07) is 0. The molecular weight excluding hydrogens is 317 g/mol. The van der Waals surface area contributed by atoms with E-state index in [9.17, 15) is 13.2 Å². The number of rotatable bonds is 4. The van der Waals surface area contributed by atoms with Crippen molar-refractivity contribution in [3.8, 4) is 0 Å². The molecule has 0 aliphatic carbocycles. The molecule has 0 bridgehead atoms. The minimum atomic E-state index is -4.57. The Labute approximate surface area is 130 Å². The van der Waals surface area contributed by atoms with Gasteiger partial charge in [0.05, 0.1) is 0 Å². The van der Waals surface area contributed by atoms with E-state index >= 15 is 0 Å². The van der Waals surface area contributed by atoms with Crippen LogP contribution >= 0.6 is 11.6 Å². The Kier molecular flexibility index (Phi) is 4.97. The van der Waals surface area contributed by atoms with Crippen LogP contribution in [0.3, 0.4) is 0 Å². The van der Waals surface area contributed by atoms with E-state index < -0.39 is 16.9 Å². The molecule has 2 rings (SSSR count). The zero-order chi connectivity index (χ0) is 16.2. The molecule has 0 saturated heterocycles. The lowest BCUT2D eigenvalue weighted by molar-refractivity contribution is -0.501. The molecular formula is C14H13ClF3N4+. The van der Waals surface area contributed by atoms with Crippen LogP contribution in [-0.2, 0) is 6.18 Å². The van der Waals surface area contributed by atoms with Crippen molar-refractivity contribution < 1.29 is 17.7 Å². The van der Waals surface area contributed by atoms with Gasteiger partial charge in [0.2, 0.25) is 5.95 Å². The summed E-state index contributed by atoms with van der Waals surface area (Å²) in [6.07, 6.45) is 5.15. The largest absolute Gasteiger partial charge is 0.420 e. The second-order valence-corrected chi connectivity index (χ2v) is 4.79. The number of nitrogens with zero attached hydrogens (tertiary/aromatic N) is 3. The zero-order valence-corrected chi connectivity index (χ0v) is 12.2. The predicted octanol–water partition coefficient (Wildman–Crippen LogP) is 3.28. The van der Waals surface area contributed by atoms with Crippen molar-refractivity contribution in [3.63, 3.8) is 0 Å². The first kappa shape index (κ1) is 16.2. The third-order valence-corrected chi connectivity index (χ3v) is 3.06. The maximum absolute atomic E-state index is 12.6. The summed E-state index contributed by atoms with van der Waals surface area (Å²) in [5, 5.41) is 2.18. The molecule has 0 amide bonds. The first-order chi connectivity index (χ1) is 10.4. The number of aromatic nitrogens is 2. The molecule has 22 heavy (non-hydrogen) atoms. The van der Waals surface area contributed by atoms with Gasteiger partial charge < -0.3 is 5.32 Å². The minimum Gasteiger partial charge on any atom is -0.324 e. The molecule has 116 valence electrons. The summed E-state index contributed by atoms with van der Waals surface area (Å²) in [5.74, 6) is -0.000490. The average molecular weight is 330 g/mol. The molecule has 8 heteroatoms. The molecule has 1 aromatic rings.